The zero-order chi connectivity index (χ0) is 14.1. The van der Waals surface area contributed by atoms with Gasteiger partial charge in [0, 0.05) is 11.1 Å². The van der Waals surface area contributed by atoms with E-state index >= 15 is 0 Å². The van der Waals surface area contributed by atoms with Gasteiger partial charge in [-0.2, -0.15) is 0 Å². The predicted octanol–water partition coefficient (Wildman–Crippen LogP) is 4.40. The van der Waals surface area contributed by atoms with Crippen LogP contribution in [0.2, 0.25) is 0 Å². The lowest BCUT2D eigenvalue weighted by Gasteiger charge is -2.10. The third kappa shape index (κ3) is 2.34. The molecule has 0 aromatic carbocycles. The van der Waals surface area contributed by atoms with E-state index in [4.69, 9.17) is 11.6 Å². The van der Waals surface area contributed by atoms with Crippen LogP contribution in [0.4, 0.5) is 0 Å². The first kappa shape index (κ1) is 13.6. The van der Waals surface area contributed by atoms with Crippen molar-refractivity contribution in [2.45, 2.75) is 32.2 Å². The summed E-state index contributed by atoms with van der Waals surface area (Å²) < 4.78 is 2.21. The molecule has 3 rings (SSSR count). The van der Waals surface area contributed by atoms with Crippen molar-refractivity contribution in [3.05, 3.63) is 46.2 Å². The van der Waals surface area contributed by atoms with E-state index in [0.717, 1.165) is 29.8 Å². The van der Waals surface area contributed by atoms with Gasteiger partial charge in [0.1, 0.15) is 11.3 Å². The molecule has 0 radical (unpaired) electrons. The van der Waals surface area contributed by atoms with E-state index in [-0.39, 0.29) is 5.38 Å². The number of rotatable bonds is 4. The summed E-state index contributed by atoms with van der Waals surface area (Å²) in [5, 5.41) is 2.03. The normalized spacial score (nSPS) is 12.9. The van der Waals surface area contributed by atoms with Crippen LogP contribution >= 0.6 is 22.9 Å². The molecule has 0 saturated carbocycles. The summed E-state index contributed by atoms with van der Waals surface area (Å²) in [6.07, 6.45) is 4.65. The van der Waals surface area contributed by atoms with E-state index < -0.39 is 0 Å². The van der Waals surface area contributed by atoms with Gasteiger partial charge in [0.15, 0.2) is 0 Å². The molecular formula is C15H16ClN3S. The highest BCUT2D eigenvalue weighted by Crippen LogP contribution is 2.27. The van der Waals surface area contributed by atoms with E-state index in [9.17, 15) is 0 Å². The number of thiophene rings is 1. The molecule has 104 valence electrons. The minimum Gasteiger partial charge on any atom is -0.321 e. The largest absolute Gasteiger partial charge is 0.321 e. The lowest BCUT2D eigenvalue weighted by molar-refractivity contribution is 0.745. The number of fused-ring (bicyclic) bond motifs is 1. The standard InChI is InChI=1S/C15H16ClN3S/c1-3-11-5-7-20-14(11)9-19-13-4-6-17-8-12(13)18-15(19)10(2)16/h4-8,10H,3,9H2,1-2H3. The number of halogens is 1. The Morgan fingerprint density at radius 3 is 3.00 bits per heavy atom. The first-order valence-corrected chi connectivity index (χ1v) is 8.01. The number of nitrogens with zero attached hydrogens (tertiary/aromatic N) is 3. The summed E-state index contributed by atoms with van der Waals surface area (Å²) in [7, 11) is 0. The van der Waals surface area contributed by atoms with Gasteiger partial charge in [-0.05, 0) is 36.4 Å². The van der Waals surface area contributed by atoms with Crippen LogP contribution in [0.15, 0.2) is 29.9 Å². The lowest BCUT2D eigenvalue weighted by atomic mass is 10.2. The van der Waals surface area contributed by atoms with Crippen LogP contribution in [-0.4, -0.2) is 14.5 Å². The van der Waals surface area contributed by atoms with Crippen molar-refractivity contribution in [1.29, 1.82) is 0 Å². The fraction of sp³-hybridized carbons (Fsp3) is 0.333. The van der Waals surface area contributed by atoms with Gasteiger partial charge >= 0.3 is 0 Å². The Balaban J connectivity index is 2.12. The molecule has 3 heterocycles. The maximum Gasteiger partial charge on any atom is 0.128 e. The van der Waals surface area contributed by atoms with Crippen molar-refractivity contribution < 1.29 is 0 Å². The van der Waals surface area contributed by atoms with Crippen LogP contribution in [-0.2, 0) is 13.0 Å². The quantitative estimate of drug-likeness (QED) is 0.669. The smallest absolute Gasteiger partial charge is 0.128 e. The Morgan fingerprint density at radius 2 is 2.25 bits per heavy atom. The van der Waals surface area contributed by atoms with Gasteiger partial charge in [-0.1, -0.05) is 6.92 Å². The number of aryl methyl sites for hydroxylation is 1. The maximum atomic E-state index is 6.29. The number of imidazole rings is 1. The summed E-state index contributed by atoms with van der Waals surface area (Å²) in [5.74, 6) is 0.908. The van der Waals surface area contributed by atoms with E-state index in [2.05, 4.69) is 32.9 Å². The summed E-state index contributed by atoms with van der Waals surface area (Å²) >= 11 is 8.09. The molecule has 0 aliphatic carbocycles. The average molecular weight is 306 g/mol. The van der Waals surface area contributed by atoms with Gasteiger partial charge in [-0.15, -0.1) is 22.9 Å². The molecule has 1 unspecified atom stereocenters. The minimum atomic E-state index is -0.118. The van der Waals surface area contributed by atoms with Crippen molar-refractivity contribution in [1.82, 2.24) is 14.5 Å². The molecule has 0 fully saturated rings. The van der Waals surface area contributed by atoms with Crippen molar-refractivity contribution >= 4 is 34.0 Å². The summed E-state index contributed by atoms with van der Waals surface area (Å²) in [6, 6.07) is 4.20. The third-order valence-electron chi connectivity index (χ3n) is 3.46. The zero-order valence-corrected chi connectivity index (χ0v) is 13.1. The number of pyridine rings is 1. The molecule has 0 saturated heterocycles. The van der Waals surface area contributed by atoms with Crippen LogP contribution in [0.25, 0.3) is 11.0 Å². The molecule has 20 heavy (non-hydrogen) atoms. The zero-order valence-electron chi connectivity index (χ0n) is 11.5. The highest BCUT2D eigenvalue weighted by atomic mass is 35.5. The first-order valence-electron chi connectivity index (χ1n) is 6.70. The summed E-state index contributed by atoms with van der Waals surface area (Å²) in [4.78, 5) is 10.1. The highest BCUT2D eigenvalue weighted by Gasteiger charge is 2.16. The second-order valence-electron chi connectivity index (χ2n) is 4.76. The highest BCUT2D eigenvalue weighted by molar-refractivity contribution is 7.10. The van der Waals surface area contributed by atoms with Gasteiger partial charge in [0.25, 0.3) is 0 Å². The second-order valence-corrected chi connectivity index (χ2v) is 6.41. The van der Waals surface area contributed by atoms with Gasteiger partial charge in [0.05, 0.1) is 23.6 Å². The van der Waals surface area contributed by atoms with E-state index in [1.807, 2.05) is 13.0 Å². The Labute approximate surface area is 127 Å². The molecule has 0 aliphatic rings. The SMILES string of the molecule is CCc1ccsc1Cn1c(C(C)Cl)nc2cnccc21. The summed E-state index contributed by atoms with van der Waals surface area (Å²) in [5.41, 5.74) is 3.40. The molecule has 5 heteroatoms. The Kier molecular flexibility index (Phi) is 3.76. The second kappa shape index (κ2) is 5.54. The van der Waals surface area contributed by atoms with Crippen LogP contribution in [0.3, 0.4) is 0 Å². The molecule has 0 spiro atoms. The molecular weight excluding hydrogens is 290 g/mol. The Bertz CT molecular complexity index is 730. The van der Waals surface area contributed by atoms with Gasteiger partial charge in [-0.25, -0.2) is 4.98 Å². The van der Waals surface area contributed by atoms with Crippen molar-refractivity contribution in [3.63, 3.8) is 0 Å². The monoisotopic (exact) mass is 305 g/mol. The molecule has 0 bridgehead atoms. The van der Waals surface area contributed by atoms with E-state index in [1.165, 1.54) is 10.4 Å². The number of aromatic nitrogens is 3. The van der Waals surface area contributed by atoms with E-state index in [1.54, 1.807) is 23.7 Å². The van der Waals surface area contributed by atoms with Crippen LogP contribution in [0.1, 0.15) is 35.5 Å². The lowest BCUT2D eigenvalue weighted by Crippen LogP contribution is -2.06. The number of alkyl halides is 1. The van der Waals surface area contributed by atoms with Crippen LogP contribution in [0.5, 0.6) is 0 Å². The number of hydrogen-bond donors (Lipinski definition) is 0. The molecule has 3 aromatic heterocycles. The fourth-order valence-electron chi connectivity index (χ4n) is 2.43. The topological polar surface area (TPSA) is 30.7 Å². The molecule has 0 N–H and O–H groups in total. The van der Waals surface area contributed by atoms with Crippen LogP contribution in [0, 0.1) is 0 Å². The maximum absolute atomic E-state index is 6.29. The van der Waals surface area contributed by atoms with Gasteiger partial charge < -0.3 is 4.57 Å². The first-order chi connectivity index (χ1) is 9.70. The van der Waals surface area contributed by atoms with Crippen molar-refractivity contribution in [3.8, 4) is 0 Å². The Hall–Kier alpha value is -1.39. The third-order valence-corrected chi connectivity index (χ3v) is 4.60. The molecule has 1 atom stereocenters. The van der Waals surface area contributed by atoms with Crippen molar-refractivity contribution in [2.24, 2.45) is 0 Å². The molecule has 3 nitrogen and oxygen atoms in total. The molecule has 0 aliphatic heterocycles. The molecule has 0 amide bonds. The van der Waals surface area contributed by atoms with Gasteiger partial charge in [-0.3, -0.25) is 4.98 Å². The minimum absolute atomic E-state index is 0.118. The number of hydrogen-bond acceptors (Lipinski definition) is 3. The Morgan fingerprint density at radius 1 is 1.40 bits per heavy atom. The van der Waals surface area contributed by atoms with Crippen molar-refractivity contribution in [2.75, 3.05) is 0 Å². The van der Waals surface area contributed by atoms with E-state index in [0.29, 0.717) is 0 Å². The fourth-order valence-corrected chi connectivity index (χ4v) is 3.57. The van der Waals surface area contributed by atoms with Gasteiger partial charge in [0.2, 0.25) is 0 Å². The summed E-state index contributed by atoms with van der Waals surface area (Å²) in [6.45, 7) is 4.97. The van der Waals surface area contributed by atoms with Crippen LogP contribution < -0.4 is 0 Å². The molecule has 3 aromatic rings. The average Bonchev–Trinajstić information content (AvgIpc) is 3.04. The predicted molar refractivity (Wildman–Crippen MR) is 84.6 cm³/mol.